The van der Waals surface area contributed by atoms with E-state index in [0.29, 0.717) is 12.3 Å². The van der Waals surface area contributed by atoms with E-state index in [-0.39, 0.29) is 6.04 Å². The minimum absolute atomic E-state index is 0.128. The Morgan fingerprint density at radius 2 is 2.11 bits per heavy atom. The molecule has 1 aromatic heterocycles. The van der Waals surface area contributed by atoms with Gasteiger partial charge in [-0.25, -0.2) is 9.97 Å². The molecule has 19 heavy (non-hydrogen) atoms. The van der Waals surface area contributed by atoms with Crippen molar-refractivity contribution in [2.45, 2.75) is 19.4 Å². The van der Waals surface area contributed by atoms with Crippen molar-refractivity contribution in [3.8, 4) is 5.88 Å². The van der Waals surface area contributed by atoms with Crippen molar-refractivity contribution in [2.75, 3.05) is 7.11 Å². The van der Waals surface area contributed by atoms with Gasteiger partial charge in [-0.15, -0.1) is 0 Å². The number of benzene rings is 1. The van der Waals surface area contributed by atoms with Crippen LogP contribution in [-0.2, 0) is 6.42 Å². The maximum Gasteiger partial charge on any atom is 0.216 e. The molecule has 1 heterocycles. The van der Waals surface area contributed by atoms with Gasteiger partial charge in [0.1, 0.15) is 6.33 Å². The lowest BCUT2D eigenvalue weighted by molar-refractivity contribution is 0.395. The maximum absolute atomic E-state index is 6.23. The molecule has 2 rings (SSSR count). The van der Waals surface area contributed by atoms with Gasteiger partial charge in [-0.05, 0) is 30.2 Å². The summed E-state index contributed by atoms with van der Waals surface area (Å²) < 4.78 is 5.07. The number of rotatable bonds is 4. The maximum atomic E-state index is 6.23. The SMILES string of the molecule is COc1cc(CC(N)c2ccc(Cl)cc2C)ncn1. The second kappa shape index (κ2) is 5.99. The molecular formula is C14H16ClN3O. The molecule has 1 unspecified atom stereocenters. The molecule has 0 saturated carbocycles. The standard InChI is InChI=1S/C14H16ClN3O/c1-9-5-10(15)3-4-12(9)13(16)6-11-7-14(19-2)18-8-17-11/h3-5,7-8,13H,6,16H2,1-2H3. The van der Waals surface area contributed by atoms with Crippen LogP contribution in [0, 0.1) is 6.92 Å². The Labute approximate surface area is 117 Å². The minimum atomic E-state index is -0.128. The third-order valence-electron chi connectivity index (χ3n) is 2.97. The monoisotopic (exact) mass is 277 g/mol. The van der Waals surface area contributed by atoms with Gasteiger partial charge in [0.15, 0.2) is 0 Å². The van der Waals surface area contributed by atoms with Crippen molar-refractivity contribution >= 4 is 11.6 Å². The molecule has 0 fully saturated rings. The Morgan fingerprint density at radius 1 is 1.32 bits per heavy atom. The van der Waals surface area contributed by atoms with Crippen LogP contribution < -0.4 is 10.5 Å². The molecule has 0 aliphatic rings. The van der Waals surface area contributed by atoms with Gasteiger partial charge in [0.25, 0.3) is 0 Å². The number of halogens is 1. The van der Waals surface area contributed by atoms with Gasteiger partial charge in [-0.2, -0.15) is 0 Å². The summed E-state index contributed by atoms with van der Waals surface area (Å²) in [5, 5.41) is 0.720. The molecule has 0 aliphatic heterocycles. The third-order valence-corrected chi connectivity index (χ3v) is 3.20. The first-order chi connectivity index (χ1) is 9.10. The number of ether oxygens (including phenoxy) is 1. The summed E-state index contributed by atoms with van der Waals surface area (Å²) in [5.41, 5.74) is 9.24. The van der Waals surface area contributed by atoms with E-state index in [1.807, 2.05) is 25.1 Å². The number of aryl methyl sites for hydroxylation is 1. The molecule has 1 aromatic carbocycles. The van der Waals surface area contributed by atoms with Crippen LogP contribution in [0.5, 0.6) is 5.88 Å². The van der Waals surface area contributed by atoms with Crippen molar-refractivity contribution in [3.05, 3.63) is 52.4 Å². The van der Waals surface area contributed by atoms with Crippen LogP contribution in [0.2, 0.25) is 5.02 Å². The van der Waals surface area contributed by atoms with Gasteiger partial charge in [-0.3, -0.25) is 0 Å². The molecule has 100 valence electrons. The topological polar surface area (TPSA) is 61.0 Å². The van der Waals surface area contributed by atoms with Gasteiger partial charge >= 0.3 is 0 Å². The van der Waals surface area contributed by atoms with Crippen LogP contribution in [0.1, 0.15) is 22.9 Å². The zero-order chi connectivity index (χ0) is 13.8. The summed E-state index contributed by atoms with van der Waals surface area (Å²) in [5.74, 6) is 0.546. The molecule has 1 atom stereocenters. The minimum Gasteiger partial charge on any atom is -0.481 e. The van der Waals surface area contributed by atoms with E-state index >= 15 is 0 Å². The number of nitrogens with zero attached hydrogens (tertiary/aromatic N) is 2. The molecule has 0 bridgehead atoms. The molecule has 2 aromatic rings. The predicted molar refractivity (Wildman–Crippen MR) is 75.4 cm³/mol. The van der Waals surface area contributed by atoms with E-state index in [0.717, 1.165) is 21.8 Å². The van der Waals surface area contributed by atoms with Gasteiger partial charge in [0, 0.05) is 29.2 Å². The second-order valence-electron chi connectivity index (χ2n) is 4.36. The van der Waals surface area contributed by atoms with Crippen LogP contribution in [0.4, 0.5) is 0 Å². The highest BCUT2D eigenvalue weighted by Gasteiger charge is 2.11. The number of nitrogens with two attached hydrogens (primary N) is 1. The zero-order valence-electron chi connectivity index (χ0n) is 10.9. The van der Waals surface area contributed by atoms with Crippen molar-refractivity contribution in [3.63, 3.8) is 0 Å². The summed E-state index contributed by atoms with van der Waals surface area (Å²) in [4.78, 5) is 8.18. The predicted octanol–water partition coefficient (Wildman–Crippen LogP) is 2.69. The first-order valence-corrected chi connectivity index (χ1v) is 6.34. The molecule has 0 radical (unpaired) electrons. The van der Waals surface area contributed by atoms with Crippen LogP contribution in [0.25, 0.3) is 0 Å². The van der Waals surface area contributed by atoms with Crippen molar-refractivity contribution in [2.24, 2.45) is 5.73 Å². The van der Waals surface area contributed by atoms with Crippen LogP contribution in [0.3, 0.4) is 0 Å². The Bertz CT molecular complexity index is 574. The van der Waals surface area contributed by atoms with Gasteiger partial charge < -0.3 is 10.5 Å². The number of hydrogen-bond acceptors (Lipinski definition) is 4. The fourth-order valence-corrected chi connectivity index (χ4v) is 2.22. The van der Waals surface area contributed by atoms with E-state index < -0.39 is 0 Å². The van der Waals surface area contributed by atoms with E-state index in [2.05, 4.69) is 9.97 Å². The second-order valence-corrected chi connectivity index (χ2v) is 4.80. The first-order valence-electron chi connectivity index (χ1n) is 5.96. The highest BCUT2D eigenvalue weighted by atomic mass is 35.5. The van der Waals surface area contributed by atoms with Gasteiger partial charge in [0.2, 0.25) is 5.88 Å². The van der Waals surface area contributed by atoms with Gasteiger partial charge in [0.05, 0.1) is 7.11 Å². The quantitative estimate of drug-likeness (QED) is 0.933. The van der Waals surface area contributed by atoms with Crippen LogP contribution >= 0.6 is 11.6 Å². The molecule has 0 spiro atoms. The molecule has 0 aliphatic carbocycles. The Kier molecular flexibility index (Phi) is 4.35. The van der Waals surface area contributed by atoms with Crippen LogP contribution in [0.15, 0.2) is 30.6 Å². The molecule has 0 saturated heterocycles. The lowest BCUT2D eigenvalue weighted by Gasteiger charge is -2.14. The highest BCUT2D eigenvalue weighted by Crippen LogP contribution is 2.22. The number of hydrogen-bond donors (Lipinski definition) is 1. The van der Waals surface area contributed by atoms with E-state index in [4.69, 9.17) is 22.1 Å². The summed E-state index contributed by atoms with van der Waals surface area (Å²) in [6.07, 6.45) is 2.11. The lowest BCUT2D eigenvalue weighted by atomic mass is 9.98. The average Bonchev–Trinajstić information content (AvgIpc) is 2.38. The van der Waals surface area contributed by atoms with Gasteiger partial charge in [-0.1, -0.05) is 17.7 Å². The summed E-state index contributed by atoms with van der Waals surface area (Å²) >= 11 is 5.94. The largest absolute Gasteiger partial charge is 0.481 e. The highest BCUT2D eigenvalue weighted by molar-refractivity contribution is 6.30. The molecule has 5 heteroatoms. The summed E-state index contributed by atoms with van der Waals surface area (Å²) in [6, 6.07) is 7.39. The molecular weight excluding hydrogens is 262 g/mol. The number of aromatic nitrogens is 2. The van der Waals surface area contributed by atoms with E-state index in [1.54, 1.807) is 13.2 Å². The Morgan fingerprint density at radius 3 is 2.79 bits per heavy atom. The first kappa shape index (κ1) is 13.8. The number of methoxy groups -OCH3 is 1. The smallest absolute Gasteiger partial charge is 0.216 e. The van der Waals surface area contributed by atoms with Crippen LogP contribution in [-0.4, -0.2) is 17.1 Å². The summed E-state index contributed by atoms with van der Waals surface area (Å²) in [6.45, 7) is 2.00. The van der Waals surface area contributed by atoms with Crippen molar-refractivity contribution in [1.82, 2.24) is 9.97 Å². The molecule has 0 amide bonds. The Hall–Kier alpha value is -1.65. The Balaban J connectivity index is 2.17. The van der Waals surface area contributed by atoms with Crippen molar-refractivity contribution < 1.29 is 4.74 Å². The fourth-order valence-electron chi connectivity index (χ4n) is 1.99. The normalized spacial score (nSPS) is 12.2. The molecule has 2 N–H and O–H groups in total. The fraction of sp³-hybridized carbons (Fsp3) is 0.286. The lowest BCUT2D eigenvalue weighted by Crippen LogP contribution is -2.15. The van der Waals surface area contributed by atoms with E-state index in [9.17, 15) is 0 Å². The summed E-state index contributed by atoms with van der Waals surface area (Å²) in [7, 11) is 1.58. The van der Waals surface area contributed by atoms with Crippen molar-refractivity contribution in [1.29, 1.82) is 0 Å². The average molecular weight is 278 g/mol. The third kappa shape index (κ3) is 3.43. The van der Waals surface area contributed by atoms with E-state index in [1.165, 1.54) is 6.33 Å². The zero-order valence-corrected chi connectivity index (χ0v) is 11.7. The molecule has 4 nitrogen and oxygen atoms in total.